The third-order valence-electron chi connectivity index (χ3n) is 7.11. The average Bonchev–Trinajstić information content (AvgIpc) is 3.37. The Morgan fingerprint density at radius 2 is 1.08 bits per heavy atom. The fraction of sp³-hybridized carbons (Fsp3) is 0.176. The molecule has 0 amide bonds. The third kappa shape index (κ3) is 5.78. The molecule has 0 saturated carbocycles. The van der Waals surface area contributed by atoms with Crippen molar-refractivity contribution in [1.29, 1.82) is 0 Å². The normalized spacial score (nSPS) is 11.0. The van der Waals surface area contributed by atoms with Crippen LogP contribution in [0.15, 0.2) is 103 Å². The lowest BCUT2D eigenvalue weighted by Gasteiger charge is -2.12. The van der Waals surface area contributed by atoms with E-state index in [0.29, 0.717) is 12.8 Å². The zero-order valence-electron chi connectivity index (χ0n) is 22.9. The van der Waals surface area contributed by atoms with Crippen LogP contribution in [0.3, 0.4) is 0 Å². The molecule has 0 aliphatic rings. The van der Waals surface area contributed by atoms with E-state index >= 15 is 0 Å². The molecule has 196 valence electrons. The molecule has 1 aromatic heterocycles. The van der Waals surface area contributed by atoms with Crippen LogP contribution in [0.2, 0.25) is 0 Å². The molecule has 0 radical (unpaired) electrons. The maximum atomic E-state index is 12.9. The Morgan fingerprint density at radius 1 is 0.590 bits per heavy atom. The van der Waals surface area contributed by atoms with Gasteiger partial charge in [-0.3, -0.25) is 9.59 Å². The molecule has 0 spiro atoms. The summed E-state index contributed by atoms with van der Waals surface area (Å²) in [6.07, 6.45) is 2.77. The molecule has 39 heavy (non-hydrogen) atoms. The molecule has 5 heteroatoms. The number of anilines is 2. The molecule has 0 N–H and O–H groups in total. The molecular formula is C34H33N3O2. The molecule has 0 fully saturated rings. The van der Waals surface area contributed by atoms with Crippen LogP contribution in [0.4, 0.5) is 11.4 Å². The molecule has 0 aliphatic heterocycles. The number of carbonyl (C=O) groups excluding carboxylic acids is 2. The lowest BCUT2D eigenvalue weighted by atomic mass is 10.0. The number of fused-ring (bicyclic) bond motifs is 1. The highest BCUT2D eigenvalue weighted by molar-refractivity contribution is 5.99. The van der Waals surface area contributed by atoms with Gasteiger partial charge in [0, 0.05) is 80.8 Å². The first-order chi connectivity index (χ1) is 18.8. The van der Waals surface area contributed by atoms with Gasteiger partial charge in [0.2, 0.25) is 0 Å². The van der Waals surface area contributed by atoms with E-state index in [1.165, 1.54) is 0 Å². The first-order valence-corrected chi connectivity index (χ1v) is 13.1. The Kier molecular flexibility index (Phi) is 7.33. The van der Waals surface area contributed by atoms with Gasteiger partial charge < -0.3 is 14.4 Å². The highest BCUT2D eigenvalue weighted by atomic mass is 16.1. The maximum absolute atomic E-state index is 12.9. The number of hydrogen-bond acceptors (Lipinski definition) is 4. The molecule has 1 heterocycles. The molecular weight excluding hydrogens is 482 g/mol. The van der Waals surface area contributed by atoms with E-state index in [0.717, 1.165) is 50.2 Å². The molecule has 0 bridgehead atoms. The highest BCUT2D eigenvalue weighted by Crippen LogP contribution is 2.24. The summed E-state index contributed by atoms with van der Waals surface area (Å²) < 4.78 is 2.13. The fourth-order valence-corrected chi connectivity index (χ4v) is 4.77. The molecule has 5 rings (SSSR count). The van der Waals surface area contributed by atoms with Crippen molar-refractivity contribution in [2.45, 2.75) is 12.8 Å². The molecule has 5 aromatic rings. The SMILES string of the molecule is CN(C)c1ccc(C(=O)Cc2ccc(-n3ccc4cc(CC(=O)c5ccc(N(C)C)cc5)ccc43)cc2)cc1. The minimum absolute atomic E-state index is 0.107. The van der Waals surface area contributed by atoms with E-state index in [-0.39, 0.29) is 11.6 Å². The van der Waals surface area contributed by atoms with Gasteiger partial charge in [-0.25, -0.2) is 0 Å². The van der Waals surface area contributed by atoms with Crippen molar-refractivity contribution in [2.75, 3.05) is 38.0 Å². The molecule has 0 aliphatic carbocycles. The molecule has 0 atom stereocenters. The second-order valence-electron chi connectivity index (χ2n) is 10.3. The number of benzene rings is 4. The Balaban J connectivity index is 1.27. The van der Waals surface area contributed by atoms with Gasteiger partial charge in [-0.05, 0) is 90.0 Å². The van der Waals surface area contributed by atoms with Crippen molar-refractivity contribution >= 4 is 33.8 Å². The number of aromatic nitrogens is 1. The molecule has 0 saturated heterocycles. The third-order valence-corrected chi connectivity index (χ3v) is 7.11. The Hall–Kier alpha value is -4.64. The molecule has 0 unspecified atom stereocenters. The van der Waals surface area contributed by atoms with Crippen LogP contribution in [-0.2, 0) is 12.8 Å². The van der Waals surface area contributed by atoms with Crippen LogP contribution in [0, 0.1) is 0 Å². The fourth-order valence-electron chi connectivity index (χ4n) is 4.77. The van der Waals surface area contributed by atoms with Crippen molar-refractivity contribution < 1.29 is 9.59 Å². The van der Waals surface area contributed by atoms with Gasteiger partial charge in [0.1, 0.15) is 0 Å². The van der Waals surface area contributed by atoms with Gasteiger partial charge in [-0.2, -0.15) is 0 Å². The highest BCUT2D eigenvalue weighted by Gasteiger charge is 2.11. The number of ketones is 2. The standard InChI is InChI=1S/C34H33N3O2/c1-35(2)29-14-8-26(9-15-29)33(38)22-24-5-12-31(13-6-24)37-20-19-28-21-25(7-18-32(28)37)23-34(39)27-10-16-30(17-11-27)36(3)4/h5-21H,22-23H2,1-4H3. The summed E-state index contributed by atoms with van der Waals surface area (Å²) in [5, 5.41) is 1.09. The first kappa shape index (κ1) is 26.0. The Bertz CT molecular complexity index is 1610. The topological polar surface area (TPSA) is 45.6 Å². The van der Waals surface area contributed by atoms with E-state index in [1.807, 2.05) is 123 Å². The van der Waals surface area contributed by atoms with Crippen LogP contribution >= 0.6 is 0 Å². The van der Waals surface area contributed by atoms with Crippen LogP contribution in [0.5, 0.6) is 0 Å². The van der Waals surface area contributed by atoms with E-state index in [9.17, 15) is 9.59 Å². The van der Waals surface area contributed by atoms with Crippen molar-refractivity contribution in [3.63, 3.8) is 0 Å². The van der Waals surface area contributed by atoms with Gasteiger partial charge in [0.25, 0.3) is 0 Å². The van der Waals surface area contributed by atoms with Crippen LogP contribution < -0.4 is 9.80 Å². The summed E-state index contributed by atoms with van der Waals surface area (Å²) in [6, 6.07) is 31.8. The van der Waals surface area contributed by atoms with Gasteiger partial charge in [-0.15, -0.1) is 0 Å². The van der Waals surface area contributed by atoms with Gasteiger partial charge in [0.05, 0.1) is 5.52 Å². The molecule has 4 aromatic carbocycles. The Labute approximate surface area is 229 Å². The summed E-state index contributed by atoms with van der Waals surface area (Å²) in [7, 11) is 7.94. The summed E-state index contributed by atoms with van der Waals surface area (Å²) in [6.45, 7) is 0. The van der Waals surface area contributed by atoms with Gasteiger partial charge >= 0.3 is 0 Å². The number of rotatable bonds is 9. The molecule has 5 nitrogen and oxygen atoms in total. The van der Waals surface area contributed by atoms with Crippen molar-refractivity contribution in [3.05, 3.63) is 126 Å². The van der Waals surface area contributed by atoms with Crippen LogP contribution in [-0.4, -0.2) is 44.3 Å². The van der Waals surface area contributed by atoms with Crippen molar-refractivity contribution in [2.24, 2.45) is 0 Å². The monoisotopic (exact) mass is 515 g/mol. The van der Waals surface area contributed by atoms with Gasteiger partial charge in [-0.1, -0.05) is 18.2 Å². The number of Topliss-reactive ketones (excluding diaryl/α,β-unsaturated/α-hetero) is 2. The minimum atomic E-state index is 0.107. The summed E-state index contributed by atoms with van der Waals surface area (Å²) in [4.78, 5) is 29.7. The Morgan fingerprint density at radius 3 is 1.59 bits per heavy atom. The second-order valence-corrected chi connectivity index (χ2v) is 10.3. The van der Waals surface area contributed by atoms with E-state index in [1.54, 1.807) is 0 Å². The summed E-state index contributed by atoms with van der Waals surface area (Å²) >= 11 is 0. The zero-order valence-corrected chi connectivity index (χ0v) is 22.9. The lowest BCUT2D eigenvalue weighted by molar-refractivity contribution is 0.0985. The van der Waals surface area contributed by atoms with Crippen molar-refractivity contribution in [1.82, 2.24) is 4.57 Å². The number of hydrogen-bond donors (Lipinski definition) is 0. The average molecular weight is 516 g/mol. The van der Waals surface area contributed by atoms with Crippen LogP contribution in [0.25, 0.3) is 16.6 Å². The van der Waals surface area contributed by atoms with E-state index in [2.05, 4.69) is 22.8 Å². The lowest BCUT2D eigenvalue weighted by Crippen LogP contribution is -2.09. The maximum Gasteiger partial charge on any atom is 0.167 e. The minimum Gasteiger partial charge on any atom is -0.378 e. The zero-order chi connectivity index (χ0) is 27.5. The largest absolute Gasteiger partial charge is 0.378 e. The van der Waals surface area contributed by atoms with E-state index < -0.39 is 0 Å². The van der Waals surface area contributed by atoms with Crippen LogP contribution in [0.1, 0.15) is 31.8 Å². The number of nitrogens with zero attached hydrogens (tertiary/aromatic N) is 3. The van der Waals surface area contributed by atoms with Crippen molar-refractivity contribution in [3.8, 4) is 5.69 Å². The second kappa shape index (κ2) is 11.0. The quantitative estimate of drug-likeness (QED) is 0.207. The summed E-state index contributed by atoms with van der Waals surface area (Å²) in [5.74, 6) is 0.216. The van der Waals surface area contributed by atoms with E-state index in [4.69, 9.17) is 0 Å². The summed E-state index contributed by atoms with van der Waals surface area (Å²) in [5.41, 5.74) is 7.68. The smallest absolute Gasteiger partial charge is 0.167 e. The van der Waals surface area contributed by atoms with Gasteiger partial charge in [0.15, 0.2) is 11.6 Å². The first-order valence-electron chi connectivity index (χ1n) is 13.1. The predicted molar refractivity (Wildman–Crippen MR) is 161 cm³/mol. The number of carbonyl (C=O) groups is 2. The predicted octanol–water partition coefficient (Wildman–Crippen LogP) is 6.61.